The Balaban J connectivity index is 1.45. The van der Waals surface area contributed by atoms with E-state index < -0.39 is 0 Å². The minimum atomic E-state index is -0.148. The number of aryl methyl sites for hydroxylation is 1. The normalized spacial score (nSPS) is 12.4. The summed E-state index contributed by atoms with van der Waals surface area (Å²) in [6.07, 6.45) is 1.71. The number of rotatable bonds is 5. The third-order valence-corrected chi connectivity index (χ3v) is 3.88. The molecule has 4 rings (SSSR count). The smallest absolute Gasteiger partial charge is 0.231 e. The predicted molar refractivity (Wildman–Crippen MR) is 87.1 cm³/mol. The topological polar surface area (TPSA) is 86.7 Å². The number of nitrogens with one attached hydrogen (secondary N) is 1. The fourth-order valence-electron chi connectivity index (χ4n) is 2.56. The average molecular weight is 340 g/mol. The van der Waals surface area contributed by atoms with Crippen molar-refractivity contribution >= 4 is 5.91 Å². The van der Waals surface area contributed by atoms with Gasteiger partial charge in [0, 0.05) is 5.56 Å². The summed E-state index contributed by atoms with van der Waals surface area (Å²) in [4.78, 5) is 16.5. The SMILES string of the molecule is Cc1oc(-c2ccc3c(c2)OCO3)nc1CC(=O)NCc1ccco1. The Morgan fingerprint density at radius 2 is 2.12 bits per heavy atom. The summed E-state index contributed by atoms with van der Waals surface area (Å²) < 4.78 is 21.6. The van der Waals surface area contributed by atoms with Gasteiger partial charge in [0.15, 0.2) is 11.5 Å². The van der Waals surface area contributed by atoms with E-state index in [2.05, 4.69) is 10.3 Å². The minimum absolute atomic E-state index is 0.139. The molecule has 0 saturated heterocycles. The number of carbonyl (C=O) groups is 1. The van der Waals surface area contributed by atoms with E-state index in [-0.39, 0.29) is 19.1 Å². The van der Waals surface area contributed by atoms with Gasteiger partial charge in [0.25, 0.3) is 0 Å². The number of carbonyl (C=O) groups excluding carboxylic acids is 1. The van der Waals surface area contributed by atoms with Gasteiger partial charge in [-0.15, -0.1) is 0 Å². The van der Waals surface area contributed by atoms with Gasteiger partial charge in [0.2, 0.25) is 18.6 Å². The average Bonchev–Trinajstić information content (AvgIpc) is 3.34. The third kappa shape index (κ3) is 3.21. The zero-order valence-electron chi connectivity index (χ0n) is 13.6. The molecule has 3 heterocycles. The predicted octanol–water partition coefficient (Wildman–Crippen LogP) is 2.83. The number of nitrogens with zero attached hydrogens (tertiary/aromatic N) is 1. The summed E-state index contributed by atoms with van der Waals surface area (Å²) in [5, 5.41) is 2.79. The monoisotopic (exact) mass is 340 g/mol. The van der Waals surface area contributed by atoms with Gasteiger partial charge < -0.3 is 23.6 Å². The van der Waals surface area contributed by atoms with Crippen LogP contribution in [0.4, 0.5) is 0 Å². The van der Waals surface area contributed by atoms with E-state index in [0.717, 1.165) is 5.56 Å². The van der Waals surface area contributed by atoms with Crippen molar-refractivity contribution in [3.8, 4) is 23.0 Å². The van der Waals surface area contributed by atoms with Crippen LogP contribution in [0.5, 0.6) is 11.5 Å². The van der Waals surface area contributed by atoms with Crippen LogP contribution in [0.1, 0.15) is 17.2 Å². The van der Waals surface area contributed by atoms with Crippen LogP contribution in [-0.4, -0.2) is 17.7 Å². The molecule has 1 N–H and O–H groups in total. The number of oxazole rings is 1. The Hall–Kier alpha value is -3.22. The van der Waals surface area contributed by atoms with E-state index in [1.54, 1.807) is 25.3 Å². The van der Waals surface area contributed by atoms with Crippen molar-refractivity contribution in [2.24, 2.45) is 0 Å². The molecule has 0 atom stereocenters. The van der Waals surface area contributed by atoms with Crippen LogP contribution in [0, 0.1) is 6.92 Å². The fourth-order valence-corrected chi connectivity index (χ4v) is 2.56. The maximum Gasteiger partial charge on any atom is 0.231 e. The summed E-state index contributed by atoms with van der Waals surface area (Å²) in [6, 6.07) is 9.06. The highest BCUT2D eigenvalue weighted by molar-refractivity contribution is 5.78. The molecule has 1 aliphatic heterocycles. The Bertz CT molecular complexity index is 898. The first-order chi connectivity index (χ1) is 12.2. The zero-order chi connectivity index (χ0) is 17.2. The minimum Gasteiger partial charge on any atom is -0.467 e. The second-order valence-corrected chi connectivity index (χ2v) is 5.62. The van der Waals surface area contributed by atoms with E-state index in [0.29, 0.717) is 41.1 Å². The first-order valence-corrected chi connectivity index (χ1v) is 7.84. The molecular weight excluding hydrogens is 324 g/mol. The van der Waals surface area contributed by atoms with Crippen LogP contribution in [0.25, 0.3) is 11.5 Å². The number of aromatic nitrogens is 1. The lowest BCUT2D eigenvalue weighted by Crippen LogP contribution is -2.24. The van der Waals surface area contributed by atoms with Crippen molar-refractivity contribution < 1.29 is 23.1 Å². The molecule has 0 unspecified atom stereocenters. The van der Waals surface area contributed by atoms with Gasteiger partial charge in [-0.25, -0.2) is 4.98 Å². The lowest BCUT2D eigenvalue weighted by atomic mass is 10.2. The van der Waals surface area contributed by atoms with Crippen LogP contribution < -0.4 is 14.8 Å². The lowest BCUT2D eigenvalue weighted by molar-refractivity contribution is -0.120. The van der Waals surface area contributed by atoms with Crippen molar-refractivity contribution in [3.63, 3.8) is 0 Å². The number of hydrogen-bond acceptors (Lipinski definition) is 6. The molecule has 1 aromatic carbocycles. The Morgan fingerprint density at radius 3 is 2.96 bits per heavy atom. The molecule has 1 amide bonds. The van der Waals surface area contributed by atoms with E-state index in [4.69, 9.17) is 18.3 Å². The second-order valence-electron chi connectivity index (χ2n) is 5.62. The molecule has 128 valence electrons. The standard InChI is InChI=1S/C18H16N2O5/c1-11-14(8-17(21)19-9-13-3-2-6-22-13)20-18(25-11)12-4-5-15-16(7-12)24-10-23-15/h2-7H,8-10H2,1H3,(H,19,21). The number of fused-ring (bicyclic) bond motifs is 1. The highest BCUT2D eigenvalue weighted by Crippen LogP contribution is 2.36. The molecule has 25 heavy (non-hydrogen) atoms. The number of hydrogen-bond donors (Lipinski definition) is 1. The van der Waals surface area contributed by atoms with Gasteiger partial charge in [-0.05, 0) is 37.3 Å². The van der Waals surface area contributed by atoms with Gasteiger partial charge in [0.05, 0.1) is 24.9 Å². The first kappa shape index (κ1) is 15.3. The highest BCUT2D eigenvalue weighted by Gasteiger charge is 2.18. The Labute approximate surface area is 143 Å². The summed E-state index contributed by atoms with van der Waals surface area (Å²) in [6.45, 7) is 2.35. The van der Waals surface area contributed by atoms with Gasteiger partial charge in [-0.3, -0.25) is 4.79 Å². The lowest BCUT2D eigenvalue weighted by Gasteiger charge is -2.01. The van der Waals surface area contributed by atoms with Crippen LogP contribution in [-0.2, 0) is 17.8 Å². The molecule has 7 heteroatoms. The number of amides is 1. The molecule has 1 aliphatic rings. The zero-order valence-corrected chi connectivity index (χ0v) is 13.6. The van der Waals surface area contributed by atoms with Crippen LogP contribution in [0.2, 0.25) is 0 Å². The van der Waals surface area contributed by atoms with E-state index in [1.807, 2.05) is 18.2 Å². The van der Waals surface area contributed by atoms with E-state index in [1.165, 1.54) is 0 Å². The molecule has 0 saturated carbocycles. The maximum absolute atomic E-state index is 12.1. The van der Waals surface area contributed by atoms with Crippen LogP contribution in [0.15, 0.2) is 45.4 Å². The van der Waals surface area contributed by atoms with Crippen molar-refractivity contribution in [2.75, 3.05) is 6.79 Å². The molecule has 0 bridgehead atoms. The number of ether oxygens (including phenoxy) is 2. The van der Waals surface area contributed by atoms with Gasteiger partial charge in [0.1, 0.15) is 11.5 Å². The van der Waals surface area contributed by atoms with Crippen LogP contribution >= 0.6 is 0 Å². The molecule has 2 aromatic heterocycles. The Kier molecular flexibility index (Phi) is 3.89. The summed E-state index contributed by atoms with van der Waals surface area (Å²) >= 11 is 0. The molecule has 0 radical (unpaired) electrons. The summed E-state index contributed by atoms with van der Waals surface area (Å²) in [5.41, 5.74) is 1.37. The van der Waals surface area contributed by atoms with Gasteiger partial charge >= 0.3 is 0 Å². The summed E-state index contributed by atoms with van der Waals surface area (Å²) in [5.74, 6) is 2.97. The van der Waals surface area contributed by atoms with Gasteiger partial charge in [-0.1, -0.05) is 0 Å². The Morgan fingerprint density at radius 1 is 1.24 bits per heavy atom. The first-order valence-electron chi connectivity index (χ1n) is 7.84. The number of furan rings is 1. The molecule has 0 fully saturated rings. The molecule has 7 nitrogen and oxygen atoms in total. The van der Waals surface area contributed by atoms with Crippen molar-refractivity contribution in [2.45, 2.75) is 19.9 Å². The highest BCUT2D eigenvalue weighted by atomic mass is 16.7. The fraction of sp³-hybridized carbons (Fsp3) is 0.222. The largest absolute Gasteiger partial charge is 0.467 e. The number of benzene rings is 1. The summed E-state index contributed by atoms with van der Waals surface area (Å²) in [7, 11) is 0. The van der Waals surface area contributed by atoms with Crippen LogP contribution in [0.3, 0.4) is 0 Å². The quantitative estimate of drug-likeness (QED) is 0.768. The van der Waals surface area contributed by atoms with Gasteiger partial charge in [-0.2, -0.15) is 0 Å². The second kappa shape index (κ2) is 6.35. The molecule has 0 aliphatic carbocycles. The molecule has 3 aromatic rings. The third-order valence-electron chi connectivity index (χ3n) is 3.88. The maximum atomic E-state index is 12.1. The van der Waals surface area contributed by atoms with E-state index in [9.17, 15) is 4.79 Å². The van der Waals surface area contributed by atoms with Crippen molar-refractivity contribution in [1.29, 1.82) is 0 Å². The van der Waals surface area contributed by atoms with E-state index >= 15 is 0 Å². The molecule has 0 spiro atoms. The van der Waals surface area contributed by atoms with Crippen molar-refractivity contribution in [1.82, 2.24) is 10.3 Å². The van der Waals surface area contributed by atoms with Crippen molar-refractivity contribution in [3.05, 3.63) is 53.8 Å². The molecular formula is C18H16N2O5.